The quantitative estimate of drug-likeness (QED) is 0.865. The van der Waals surface area contributed by atoms with Crippen molar-refractivity contribution in [3.05, 3.63) is 24.3 Å². The number of ether oxygens (including phenoxy) is 1. The Labute approximate surface area is 114 Å². The first-order valence-electron chi connectivity index (χ1n) is 5.83. The molecule has 106 valence electrons. The molecule has 0 unspecified atom stereocenters. The molecule has 20 heavy (non-hydrogen) atoms. The van der Waals surface area contributed by atoms with Crippen LogP contribution in [0.3, 0.4) is 0 Å². The lowest BCUT2D eigenvalue weighted by molar-refractivity contribution is 0.0536. The molecule has 0 aliphatic carbocycles. The molecule has 0 amide bonds. The number of carbonyl (C=O) groups is 2. The third-order valence-electron chi connectivity index (χ3n) is 2.26. The fourth-order valence-corrected chi connectivity index (χ4v) is 1.43. The average molecular weight is 278 g/mol. The minimum absolute atomic E-state index is 0.0492. The van der Waals surface area contributed by atoms with E-state index in [0.717, 1.165) is 0 Å². The van der Waals surface area contributed by atoms with Crippen molar-refractivity contribution in [3.8, 4) is 11.4 Å². The van der Waals surface area contributed by atoms with Crippen LogP contribution >= 0.6 is 0 Å². The molecule has 0 aromatic carbocycles. The van der Waals surface area contributed by atoms with Crippen molar-refractivity contribution in [3.63, 3.8) is 0 Å². The number of carboxylic acids is 1. The highest BCUT2D eigenvalue weighted by Gasteiger charge is 2.19. The van der Waals surface area contributed by atoms with Gasteiger partial charge in [-0.3, -0.25) is 5.10 Å². The van der Waals surface area contributed by atoms with Crippen LogP contribution in [-0.4, -0.2) is 42.5 Å². The molecule has 2 rings (SSSR count). The Bertz CT molecular complexity index is 650. The lowest BCUT2D eigenvalue weighted by Crippen LogP contribution is -2.26. The molecule has 0 saturated heterocycles. The van der Waals surface area contributed by atoms with Gasteiger partial charge in [0.05, 0.1) is 0 Å². The molecule has 0 fully saturated rings. The smallest absolute Gasteiger partial charge is 0.419 e. The number of H-pyrrole nitrogens is 1. The Morgan fingerprint density at radius 1 is 1.35 bits per heavy atom. The van der Waals surface area contributed by atoms with Gasteiger partial charge in [-0.05, 0) is 20.8 Å². The summed E-state index contributed by atoms with van der Waals surface area (Å²) in [6.07, 6.45) is 2.15. The van der Waals surface area contributed by atoms with Gasteiger partial charge < -0.3 is 9.84 Å². The predicted octanol–water partition coefficient (Wildman–Crippen LogP) is 1.75. The van der Waals surface area contributed by atoms with Gasteiger partial charge in [0.2, 0.25) is 0 Å². The number of rotatable bonds is 2. The summed E-state index contributed by atoms with van der Waals surface area (Å²) in [5, 5.41) is 15.0. The Hall–Kier alpha value is -2.64. The summed E-state index contributed by atoms with van der Waals surface area (Å²) in [7, 11) is 0. The second kappa shape index (κ2) is 4.80. The van der Waals surface area contributed by atoms with E-state index < -0.39 is 17.7 Å². The van der Waals surface area contributed by atoms with Crippen molar-refractivity contribution in [2.45, 2.75) is 26.4 Å². The molecule has 2 aromatic rings. The van der Waals surface area contributed by atoms with E-state index in [0.29, 0.717) is 11.4 Å². The van der Waals surface area contributed by atoms with Gasteiger partial charge in [-0.1, -0.05) is 0 Å². The van der Waals surface area contributed by atoms with Crippen LogP contribution in [0.2, 0.25) is 0 Å². The van der Waals surface area contributed by atoms with Crippen LogP contribution in [-0.2, 0) is 4.74 Å². The maximum atomic E-state index is 11.8. The highest BCUT2D eigenvalue weighted by Crippen LogP contribution is 2.16. The van der Waals surface area contributed by atoms with E-state index >= 15 is 0 Å². The first kappa shape index (κ1) is 13.8. The van der Waals surface area contributed by atoms with Crippen LogP contribution in [0.5, 0.6) is 0 Å². The Morgan fingerprint density at radius 3 is 2.60 bits per heavy atom. The van der Waals surface area contributed by atoms with Gasteiger partial charge in [-0.2, -0.15) is 5.10 Å². The van der Waals surface area contributed by atoms with Crippen molar-refractivity contribution >= 4 is 12.1 Å². The third kappa shape index (κ3) is 3.02. The standard InChI is InChI=1S/C12H14N4O4/c1-12(2,3)20-11(19)16-5-9(13-6-16)7-4-8(10(17)18)15-14-7/h4-6H,1-3H3,(H,14,15)(H,17,18). The minimum atomic E-state index is -1.12. The van der Waals surface area contributed by atoms with Gasteiger partial charge in [0, 0.05) is 12.3 Å². The third-order valence-corrected chi connectivity index (χ3v) is 2.26. The monoisotopic (exact) mass is 278 g/mol. The molecular weight excluding hydrogens is 264 g/mol. The van der Waals surface area contributed by atoms with Gasteiger partial charge >= 0.3 is 12.1 Å². The Kier molecular flexibility index (Phi) is 3.31. The molecule has 0 aliphatic rings. The topological polar surface area (TPSA) is 110 Å². The summed E-state index contributed by atoms with van der Waals surface area (Å²) < 4.78 is 6.35. The summed E-state index contributed by atoms with van der Waals surface area (Å²) in [5.41, 5.74) is 0.0563. The zero-order valence-electron chi connectivity index (χ0n) is 11.2. The minimum Gasteiger partial charge on any atom is -0.477 e. The van der Waals surface area contributed by atoms with Gasteiger partial charge in [0.1, 0.15) is 29.0 Å². The van der Waals surface area contributed by atoms with Crippen LogP contribution in [0.1, 0.15) is 31.3 Å². The van der Waals surface area contributed by atoms with Crippen LogP contribution in [0.15, 0.2) is 18.6 Å². The second-order valence-electron chi connectivity index (χ2n) is 5.12. The Morgan fingerprint density at radius 2 is 2.05 bits per heavy atom. The summed E-state index contributed by atoms with van der Waals surface area (Å²) in [6, 6.07) is 1.34. The van der Waals surface area contributed by atoms with Crippen molar-refractivity contribution in [1.29, 1.82) is 0 Å². The zero-order valence-corrected chi connectivity index (χ0v) is 11.2. The van der Waals surface area contributed by atoms with E-state index in [2.05, 4.69) is 15.2 Å². The number of nitrogens with zero attached hydrogens (tertiary/aromatic N) is 3. The molecule has 0 bridgehead atoms. The molecule has 2 N–H and O–H groups in total. The van der Waals surface area contributed by atoms with E-state index in [1.165, 1.54) is 23.2 Å². The molecule has 8 nitrogen and oxygen atoms in total. The van der Waals surface area contributed by atoms with E-state index in [-0.39, 0.29) is 5.69 Å². The maximum Gasteiger partial charge on any atom is 0.419 e. The van der Waals surface area contributed by atoms with E-state index in [9.17, 15) is 9.59 Å². The molecule has 2 aromatic heterocycles. The molecule has 0 spiro atoms. The molecule has 8 heteroatoms. The number of carbonyl (C=O) groups excluding carboxylic acids is 1. The van der Waals surface area contributed by atoms with E-state index in [4.69, 9.17) is 9.84 Å². The molecule has 0 saturated carbocycles. The molecule has 0 aliphatic heterocycles. The summed E-state index contributed by atoms with van der Waals surface area (Å²) >= 11 is 0. The first-order valence-corrected chi connectivity index (χ1v) is 5.83. The molecule has 2 heterocycles. The average Bonchev–Trinajstić information content (AvgIpc) is 2.95. The highest BCUT2D eigenvalue weighted by atomic mass is 16.6. The van der Waals surface area contributed by atoms with Crippen LogP contribution < -0.4 is 0 Å². The van der Waals surface area contributed by atoms with Crippen LogP contribution in [0.4, 0.5) is 4.79 Å². The highest BCUT2D eigenvalue weighted by molar-refractivity contribution is 5.86. The number of nitrogens with one attached hydrogen (secondary N) is 1. The van der Waals surface area contributed by atoms with Crippen LogP contribution in [0.25, 0.3) is 11.4 Å². The zero-order chi connectivity index (χ0) is 14.9. The predicted molar refractivity (Wildman–Crippen MR) is 68.4 cm³/mol. The van der Waals surface area contributed by atoms with Crippen molar-refractivity contribution < 1.29 is 19.4 Å². The Balaban J connectivity index is 2.20. The molecular formula is C12H14N4O4. The van der Waals surface area contributed by atoms with Crippen molar-refractivity contribution in [2.75, 3.05) is 0 Å². The summed E-state index contributed by atoms with van der Waals surface area (Å²) in [6.45, 7) is 5.28. The number of imidazole rings is 1. The summed E-state index contributed by atoms with van der Waals surface area (Å²) in [4.78, 5) is 26.5. The van der Waals surface area contributed by atoms with Crippen LogP contribution in [0, 0.1) is 0 Å². The van der Waals surface area contributed by atoms with Crippen molar-refractivity contribution in [2.24, 2.45) is 0 Å². The lowest BCUT2D eigenvalue weighted by Gasteiger charge is -2.18. The van der Waals surface area contributed by atoms with Crippen molar-refractivity contribution in [1.82, 2.24) is 19.7 Å². The van der Waals surface area contributed by atoms with Gasteiger partial charge in [0.25, 0.3) is 0 Å². The van der Waals surface area contributed by atoms with Gasteiger partial charge in [-0.25, -0.2) is 19.1 Å². The maximum absolute atomic E-state index is 11.8. The number of hydrogen-bond donors (Lipinski definition) is 2. The van der Waals surface area contributed by atoms with E-state index in [1.807, 2.05) is 0 Å². The van der Waals surface area contributed by atoms with Gasteiger partial charge in [0.15, 0.2) is 0 Å². The van der Waals surface area contributed by atoms with E-state index in [1.54, 1.807) is 20.8 Å². The largest absolute Gasteiger partial charge is 0.477 e. The second-order valence-corrected chi connectivity index (χ2v) is 5.12. The fraction of sp³-hybridized carbons (Fsp3) is 0.333. The SMILES string of the molecule is CC(C)(C)OC(=O)n1cnc(-c2cc(C(=O)O)[nH]n2)c1. The molecule has 0 radical (unpaired) electrons. The fourth-order valence-electron chi connectivity index (χ4n) is 1.43. The summed E-state index contributed by atoms with van der Waals surface area (Å²) in [5.74, 6) is -1.12. The lowest BCUT2D eigenvalue weighted by atomic mass is 10.2. The normalized spacial score (nSPS) is 11.3. The molecule has 0 atom stereocenters. The number of aromatic amines is 1. The number of hydrogen-bond acceptors (Lipinski definition) is 5. The first-order chi connectivity index (χ1) is 9.26. The van der Waals surface area contributed by atoms with Gasteiger partial charge in [-0.15, -0.1) is 0 Å². The number of carboxylic acid groups (broad SMARTS) is 1. The number of aromatic nitrogens is 4. The number of aromatic carboxylic acids is 1.